The van der Waals surface area contributed by atoms with Gasteiger partial charge in [-0.3, -0.25) is 0 Å². The minimum absolute atomic E-state index is 0.0237. The fourth-order valence-electron chi connectivity index (χ4n) is 1.87. The highest BCUT2D eigenvalue weighted by atomic mass is 16.5. The van der Waals surface area contributed by atoms with Gasteiger partial charge in [-0.25, -0.2) is 4.99 Å². The molecule has 0 bridgehead atoms. The quantitative estimate of drug-likeness (QED) is 0.656. The van der Waals surface area contributed by atoms with Crippen LogP contribution < -0.4 is 0 Å². The summed E-state index contributed by atoms with van der Waals surface area (Å²) in [7, 11) is 1.63. The van der Waals surface area contributed by atoms with Crippen molar-refractivity contribution in [3.05, 3.63) is 23.8 Å². The lowest BCUT2D eigenvalue weighted by Crippen LogP contribution is -2.14. The average molecular weight is 327 g/mol. The highest BCUT2D eigenvalue weighted by molar-refractivity contribution is 5.88. The van der Waals surface area contributed by atoms with Crippen LogP contribution in [0.1, 0.15) is 20.8 Å². The Morgan fingerprint density at radius 3 is 2.30 bits per heavy atom. The molecule has 0 aromatic heterocycles. The van der Waals surface area contributed by atoms with E-state index in [0.717, 1.165) is 5.57 Å². The summed E-state index contributed by atoms with van der Waals surface area (Å²) in [6.45, 7) is 8.60. The third-order valence-corrected chi connectivity index (χ3v) is 3.17. The Kier molecular flexibility index (Phi) is 9.09. The lowest BCUT2D eigenvalue weighted by molar-refractivity contribution is 0.0235. The van der Waals surface area contributed by atoms with Gasteiger partial charge in [-0.2, -0.15) is 0 Å². The van der Waals surface area contributed by atoms with Crippen LogP contribution in [-0.2, 0) is 18.9 Å². The minimum atomic E-state index is -0.345. The molecule has 1 aliphatic heterocycles. The van der Waals surface area contributed by atoms with E-state index in [0.29, 0.717) is 38.9 Å². The summed E-state index contributed by atoms with van der Waals surface area (Å²) in [5.41, 5.74) is 1.18. The molecule has 1 rings (SSSR count). The molecule has 6 heteroatoms. The number of aliphatic imine (C=N–C) groups is 1. The van der Waals surface area contributed by atoms with Gasteiger partial charge in [0.1, 0.15) is 6.61 Å². The zero-order valence-electron chi connectivity index (χ0n) is 14.6. The van der Waals surface area contributed by atoms with Gasteiger partial charge in [0.2, 0.25) is 5.90 Å². The van der Waals surface area contributed by atoms with Crippen molar-refractivity contribution in [1.82, 2.24) is 0 Å². The number of hydrogen-bond acceptors (Lipinski definition) is 6. The van der Waals surface area contributed by atoms with Gasteiger partial charge in [0.25, 0.3) is 0 Å². The van der Waals surface area contributed by atoms with E-state index in [9.17, 15) is 0 Å². The molecule has 6 nitrogen and oxygen atoms in total. The first kappa shape index (κ1) is 19.8. The second-order valence-electron chi connectivity index (χ2n) is 6.10. The van der Waals surface area contributed by atoms with Crippen molar-refractivity contribution in [2.45, 2.75) is 27.0 Å². The third kappa shape index (κ3) is 8.27. The molecule has 0 aromatic rings. The lowest BCUT2D eigenvalue weighted by Gasteiger charge is -2.20. The van der Waals surface area contributed by atoms with Crippen molar-refractivity contribution in [1.29, 1.82) is 0 Å². The van der Waals surface area contributed by atoms with E-state index in [1.807, 2.05) is 18.2 Å². The van der Waals surface area contributed by atoms with Gasteiger partial charge in [-0.1, -0.05) is 26.8 Å². The van der Waals surface area contributed by atoms with Crippen molar-refractivity contribution in [2.24, 2.45) is 10.4 Å². The van der Waals surface area contributed by atoms with E-state index in [1.54, 1.807) is 7.11 Å². The molecule has 1 unspecified atom stereocenters. The first-order valence-corrected chi connectivity index (χ1v) is 7.87. The zero-order chi connectivity index (χ0) is 17.1. The molecule has 0 aromatic carbocycles. The maximum Gasteiger partial charge on any atom is 0.211 e. The normalized spacial score (nSPS) is 18.4. The minimum Gasteiger partial charge on any atom is -0.475 e. The van der Waals surface area contributed by atoms with Gasteiger partial charge in [-0.05, 0) is 17.1 Å². The molecule has 0 fully saturated rings. The number of aliphatic hydroxyl groups is 1. The Morgan fingerprint density at radius 2 is 1.70 bits per heavy atom. The average Bonchev–Trinajstić information content (AvgIpc) is 2.72. The highest BCUT2D eigenvalue weighted by Gasteiger charge is 2.19. The zero-order valence-corrected chi connectivity index (χ0v) is 14.6. The van der Waals surface area contributed by atoms with Crippen LogP contribution in [0, 0.1) is 5.41 Å². The van der Waals surface area contributed by atoms with Crippen LogP contribution in [0.25, 0.3) is 0 Å². The standard InChI is InChI=1S/C17H29NO5/c1-17(2,3)14-5-6-15(18-16(13-14)20-4)23-12-11-22-10-9-21-8-7-19/h5-6,13,16,19H,7-12H2,1-4H3. The largest absolute Gasteiger partial charge is 0.475 e. The number of hydrogen-bond donors (Lipinski definition) is 1. The molecule has 0 spiro atoms. The Bertz CT molecular complexity index is 423. The van der Waals surface area contributed by atoms with Gasteiger partial charge in [0.15, 0.2) is 6.23 Å². The van der Waals surface area contributed by atoms with E-state index in [1.165, 1.54) is 0 Å². The Labute approximate surface area is 138 Å². The SMILES string of the molecule is COC1C=C(C(C)(C)C)C=CC(OCCOCCOCCO)=N1. The Balaban J connectivity index is 2.36. The van der Waals surface area contributed by atoms with E-state index >= 15 is 0 Å². The van der Waals surface area contributed by atoms with Crippen molar-refractivity contribution >= 4 is 5.90 Å². The first-order valence-electron chi connectivity index (χ1n) is 7.87. The van der Waals surface area contributed by atoms with Crippen molar-refractivity contribution in [2.75, 3.05) is 46.8 Å². The molecule has 1 N–H and O–H groups in total. The maximum absolute atomic E-state index is 8.56. The summed E-state index contributed by atoms with van der Waals surface area (Å²) in [4.78, 5) is 4.42. The fraction of sp³-hybridized carbons (Fsp3) is 0.706. The van der Waals surface area contributed by atoms with Crippen LogP contribution in [0.15, 0.2) is 28.8 Å². The summed E-state index contributed by atoms with van der Waals surface area (Å²) >= 11 is 0. The monoisotopic (exact) mass is 327 g/mol. The highest BCUT2D eigenvalue weighted by Crippen LogP contribution is 2.28. The lowest BCUT2D eigenvalue weighted by atomic mass is 9.86. The van der Waals surface area contributed by atoms with E-state index in [-0.39, 0.29) is 18.2 Å². The van der Waals surface area contributed by atoms with E-state index < -0.39 is 0 Å². The predicted molar refractivity (Wildman–Crippen MR) is 89.6 cm³/mol. The summed E-state index contributed by atoms with van der Waals surface area (Å²) in [6, 6.07) is 0. The molecule has 1 atom stereocenters. The maximum atomic E-state index is 8.56. The smallest absolute Gasteiger partial charge is 0.211 e. The summed E-state index contributed by atoms with van der Waals surface area (Å²) in [5, 5.41) is 8.56. The fourth-order valence-corrected chi connectivity index (χ4v) is 1.87. The predicted octanol–water partition coefficient (Wildman–Crippen LogP) is 1.94. The topological polar surface area (TPSA) is 69.5 Å². The number of ether oxygens (including phenoxy) is 4. The summed E-state index contributed by atoms with van der Waals surface area (Å²) in [6.07, 6.45) is 5.53. The summed E-state index contributed by atoms with van der Waals surface area (Å²) < 4.78 is 21.5. The molecule has 1 heterocycles. The molecule has 0 amide bonds. The van der Waals surface area contributed by atoms with Crippen LogP contribution >= 0.6 is 0 Å². The van der Waals surface area contributed by atoms with Crippen LogP contribution in [0.2, 0.25) is 0 Å². The molecule has 0 saturated carbocycles. The van der Waals surface area contributed by atoms with E-state index in [4.69, 9.17) is 24.1 Å². The Hall–Kier alpha value is -1.21. The summed E-state index contributed by atoms with van der Waals surface area (Å²) in [5.74, 6) is 0.535. The van der Waals surface area contributed by atoms with Crippen molar-refractivity contribution < 1.29 is 24.1 Å². The van der Waals surface area contributed by atoms with Gasteiger partial charge in [-0.15, -0.1) is 0 Å². The molecule has 0 aliphatic carbocycles. The van der Waals surface area contributed by atoms with Crippen LogP contribution in [0.4, 0.5) is 0 Å². The second-order valence-corrected chi connectivity index (χ2v) is 6.10. The van der Waals surface area contributed by atoms with Crippen LogP contribution in [0.5, 0.6) is 0 Å². The number of allylic oxidation sites excluding steroid dienone is 2. The van der Waals surface area contributed by atoms with Crippen LogP contribution in [0.3, 0.4) is 0 Å². The van der Waals surface area contributed by atoms with Crippen LogP contribution in [-0.4, -0.2) is 64.0 Å². The molecular weight excluding hydrogens is 298 g/mol. The molecule has 23 heavy (non-hydrogen) atoms. The Morgan fingerprint density at radius 1 is 1.04 bits per heavy atom. The molecule has 0 saturated heterocycles. The van der Waals surface area contributed by atoms with Gasteiger partial charge in [0.05, 0.1) is 33.0 Å². The van der Waals surface area contributed by atoms with E-state index in [2.05, 4.69) is 25.8 Å². The molecular formula is C17H29NO5. The second kappa shape index (κ2) is 10.5. The third-order valence-electron chi connectivity index (χ3n) is 3.17. The molecule has 132 valence electrons. The van der Waals surface area contributed by atoms with Gasteiger partial charge in [0, 0.05) is 13.2 Å². The van der Waals surface area contributed by atoms with Crippen molar-refractivity contribution in [3.63, 3.8) is 0 Å². The molecule has 1 aliphatic rings. The first-order chi connectivity index (χ1) is 11.0. The van der Waals surface area contributed by atoms with Gasteiger partial charge < -0.3 is 24.1 Å². The number of rotatable bonds is 9. The van der Waals surface area contributed by atoms with Crippen molar-refractivity contribution in [3.8, 4) is 0 Å². The number of nitrogens with zero attached hydrogens (tertiary/aromatic N) is 1. The number of methoxy groups -OCH3 is 1. The number of aliphatic hydroxyl groups excluding tert-OH is 1. The molecule has 0 radical (unpaired) electrons. The van der Waals surface area contributed by atoms with Gasteiger partial charge >= 0.3 is 0 Å².